The number of nitrogens with zero attached hydrogens (tertiary/aromatic N) is 2. The van der Waals surface area contributed by atoms with Crippen LogP contribution < -0.4 is 10.0 Å². The molecule has 2 N–H and O–H groups in total. The number of aromatic nitrogens is 2. The maximum Gasteiger partial charge on any atom is 0.251 e. The fourth-order valence-electron chi connectivity index (χ4n) is 3.15. The molecule has 0 fully saturated rings. The average molecular weight is 455 g/mol. The van der Waals surface area contributed by atoms with Crippen molar-refractivity contribution in [2.45, 2.75) is 50.6 Å². The zero-order valence-corrected chi connectivity index (χ0v) is 19.5. The van der Waals surface area contributed by atoms with Crippen molar-refractivity contribution in [3.8, 4) is 0 Å². The highest BCUT2D eigenvalue weighted by molar-refractivity contribution is 7.89. The topological polar surface area (TPSA) is 93.1 Å². The molecule has 1 aromatic heterocycles. The lowest BCUT2D eigenvalue weighted by Crippen LogP contribution is -2.25. The fraction of sp³-hybridized carbons (Fsp3) is 0.333. The molecule has 3 rings (SSSR count). The van der Waals surface area contributed by atoms with Crippen molar-refractivity contribution in [3.63, 3.8) is 0 Å². The largest absolute Gasteiger partial charge is 0.352 e. The van der Waals surface area contributed by atoms with Crippen molar-refractivity contribution in [2.75, 3.05) is 6.54 Å². The second-order valence-electron chi connectivity index (χ2n) is 8.67. The zero-order chi connectivity index (χ0) is 23.2. The molecule has 0 radical (unpaired) electrons. The minimum absolute atomic E-state index is 0.0382. The Bertz CT molecular complexity index is 1120. The van der Waals surface area contributed by atoms with E-state index >= 15 is 0 Å². The summed E-state index contributed by atoms with van der Waals surface area (Å²) in [6.45, 7) is 7.69. The van der Waals surface area contributed by atoms with Gasteiger partial charge in [0.1, 0.15) is 0 Å². The van der Waals surface area contributed by atoms with Crippen LogP contribution in [0.25, 0.3) is 0 Å². The van der Waals surface area contributed by atoms with Crippen LogP contribution in [0.15, 0.2) is 71.9 Å². The number of sulfonamides is 1. The first-order valence-electron chi connectivity index (χ1n) is 10.6. The van der Waals surface area contributed by atoms with Crippen LogP contribution in [0.3, 0.4) is 0 Å². The van der Waals surface area contributed by atoms with E-state index in [1.807, 2.05) is 29.1 Å². The Morgan fingerprint density at radius 1 is 1.03 bits per heavy atom. The third-order valence-electron chi connectivity index (χ3n) is 5.12. The fourth-order valence-corrected chi connectivity index (χ4v) is 4.17. The van der Waals surface area contributed by atoms with E-state index in [1.165, 1.54) is 0 Å². The maximum atomic E-state index is 12.6. The number of aryl methyl sites for hydroxylation is 1. The van der Waals surface area contributed by atoms with Crippen LogP contribution in [0, 0.1) is 0 Å². The van der Waals surface area contributed by atoms with Crippen molar-refractivity contribution < 1.29 is 13.2 Å². The van der Waals surface area contributed by atoms with Gasteiger partial charge in [-0.2, -0.15) is 5.10 Å². The second-order valence-corrected chi connectivity index (χ2v) is 10.4. The Morgan fingerprint density at radius 2 is 1.72 bits per heavy atom. The molecule has 1 heterocycles. The van der Waals surface area contributed by atoms with Crippen LogP contribution in [0.2, 0.25) is 0 Å². The summed E-state index contributed by atoms with van der Waals surface area (Å²) in [6, 6.07) is 15.7. The van der Waals surface area contributed by atoms with Gasteiger partial charge in [-0.25, -0.2) is 13.1 Å². The predicted octanol–water partition coefficient (Wildman–Crippen LogP) is 3.48. The third kappa shape index (κ3) is 6.51. The van der Waals surface area contributed by atoms with E-state index in [1.54, 1.807) is 42.6 Å². The summed E-state index contributed by atoms with van der Waals surface area (Å²) in [5.74, 6) is -0.156. The van der Waals surface area contributed by atoms with Crippen LogP contribution >= 0.6 is 0 Å². The van der Waals surface area contributed by atoms with Gasteiger partial charge in [0.15, 0.2) is 0 Å². The van der Waals surface area contributed by atoms with Gasteiger partial charge in [0, 0.05) is 37.6 Å². The smallest absolute Gasteiger partial charge is 0.251 e. The lowest BCUT2D eigenvalue weighted by molar-refractivity contribution is 0.0952. The summed E-state index contributed by atoms with van der Waals surface area (Å²) < 4.78 is 29.6. The lowest BCUT2D eigenvalue weighted by atomic mass is 9.87. The van der Waals surface area contributed by atoms with Gasteiger partial charge < -0.3 is 5.32 Å². The molecule has 170 valence electrons. The maximum absolute atomic E-state index is 12.6. The minimum Gasteiger partial charge on any atom is -0.352 e. The van der Waals surface area contributed by atoms with Gasteiger partial charge in [-0.15, -0.1) is 0 Å². The van der Waals surface area contributed by atoms with E-state index in [0.29, 0.717) is 12.1 Å². The summed E-state index contributed by atoms with van der Waals surface area (Å²) in [4.78, 5) is 12.5. The molecule has 0 aliphatic heterocycles. The molecule has 32 heavy (non-hydrogen) atoms. The van der Waals surface area contributed by atoms with Crippen molar-refractivity contribution in [3.05, 3.63) is 83.7 Å². The van der Waals surface area contributed by atoms with E-state index < -0.39 is 10.0 Å². The molecule has 0 saturated carbocycles. The minimum atomic E-state index is -3.62. The summed E-state index contributed by atoms with van der Waals surface area (Å²) in [5, 5.41) is 7.01. The van der Waals surface area contributed by atoms with Gasteiger partial charge in [0.2, 0.25) is 10.0 Å². The Labute approximate surface area is 189 Å². The third-order valence-corrected chi connectivity index (χ3v) is 6.54. The van der Waals surface area contributed by atoms with Crippen molar-refractivity contribution in [1.29, 1.82) is 0 Å². The van der Waals surface area contributed by atoms with E-state index in [2.05, 4.69) is 35.9 Å². The van der Waals surface area contributed by atoms with Crippen molar-refractivity contribution in [2.24, 2.45) is 0 Å². The molecular weight excluding hydrogens is 424 g/mol. The highest BCUT2D eigenvalue weighted by Gasteiger charge is 2.17. The predicted molar refractivity (Wildman–Crippen MR) is 125 cm³/mol. The normalized spacial score (nSPS) is 12.0. The van der Waals surface area contributed by atoms with Gasteiger partial charge in [-0.05, 0) is 53.3 Å². The molecular formula is C24H30N4O3S. The SMILES string of the molecule is CC(C)(C)c1ccc(S(=O)(=O)NCc2ccc(C(=O)NCCCn3cccn3)cc2)cc1. The van der Waals surface area contributed by atoms with E-state index in [-0.39, 0.29) is 22.8 Å². The number of rotatable bonds is 9. The van der Waals surface area contributed by atoms with Crippen LogP contribution in [0.1, 0.15) is 48.7 Å². The molecule has 1 amide bonds. The number of hydrogen-bond acceptors (Lipinski definition) is 4. The van der Waals surface area contributed by atoms with Crippen LogP contribution in [0.4, 0.5) is 0 Å². The van der Waals surface area contributed by atoms with Gasteiger partial charge in [-0.1, -0.05) is 45.0 Å². The molecule has 0 atom stereocenters. The Kier molecular flexibility index (Phi) is 7.48. The van der Waals surface area contributed by atoms with E-state index in [0.717, 1.165) is 24.1 Å². The van der Waals surface area contributed by atoms with E-state index in [4.69, 9.17) is 0 Å². The first-order chi connectivity index (χ1) is 15.1. The summed E-state index contributed by atoms with van der Waals surface area (Å²) in [6.07, 6.45) is 4.39. The highest BCUT2D eigenvalue weighted by atomic mass is 32.2. The zero-order valence-electron chi connectivity index (χ0n) is 18.7. The van der Waals surface area contributed by atoms with Gasteiger partial charge in [0.05, 0.1) is 4.90 Å². The molecule has 0 bridgehead atoms. The Morgan fingerprint density at radius 3 is 2.31 bits per heavy atom. The molecule has 0 unspecified atom stereocenters. The number of amides is 1. The molecule has 0 saturated heterocycles. The number of benzene rings is 2. The van der Waals surface area contributed by atoms with Gasteiger partial charge in [-0.3, -0.25) is 9.48 Å². The van der Waals surface area contributed by atoms with Crippen molar-refractivity contribution >= 4 is 15.9 Å². The summed E-state index contributed by atoms with van der Waals surface area (Å²) in [5.41, 5.74) is 2.35. The molecule has 7 nitrogen and oxygen atoms in total. The van der Waals surface area contributed by atoms with Gasteiger partial charge in [0.25, 0.3) is 5.91 Å². The van der Waals surface area contributed by atoms with Crippen LogP contribution in [-0.4, -0.2) is 30.7 Å². The second kappa shape index (κ2) is 10.1. The Hall–Kier alpha value is -2.97. The summed E-state index contributed by atoms with van der Waals surface area (Å²) in [7, 11) is -3.62. The van der Waals surface area contributed by atoms with Crippen molar-refractivity contribution in [1.82, 2.24) is 19.8 Å². The van der Waals surface area contributed by atoms with Crippen LogP contribution in [0.5, 0.6) is 0 Å². The highest BCUT2D eigenvalue weighted by Crippen LogP contribution is 2.23. The number of carbonyl (C=O) groups excluding carboxylic acids is 1. The average Bonchev–Trinajstić information content (AvgIpc) is 3.29. The first-order valence-corrected chi connectivity index (χ1v) is 12.1. The molecule has 0 spiro atoms. The molecule has 8 heteroatoms. The van der Waals surface area contributed by atoms with E-state index in [9.17, 15) is 13.2 Å². The Balaban J connectivity index is 1.49. The number of hydrogen-bond donors (Lipinski definition) is 2. The summed E-state index contributed by atoms with van der Waals surface area (Å²) >= 11 is 0. The standard InChI is InChI=1S/C24H30N4O3S/c1-24(2,3)21-10-12-22(13-11-21)32(30,31)27-18-19-6-8-20(9-7-19)23(29)25-14-4-16-28-17-5-15-26-28/h5-13,15,17,27H,4,14,16,18H2,1-3H3,(H,25,29). The first kappa shape index (κ1) is 23.7. The quantitative estimate of drug-likeness (QED) is 0.484. The number of carbonyl (C=O) groups is 1. The lowest BCUT2D eigenvalue weighted by Gasteiger charge is -2.19. The number of nitrogens with one attached hydrogen (secondary N) is 2. The van der Waals surface area contributed by atoms with Gasteiger partial charge >= 0.3 is 0 Å². The van der Waals surface area contributed by atoms with Crippen LogP contribution in [-0.2, 0) is 28.5 Å². The molecule has 0 aliphatic carbocycles. The molecule has 0 aliphatic rings. The molecule has 2 aromatic carbocycles. The molecule has 3 aromatic rings. The monoisotopic (exact) mass is 454 g/mol.